The first kappa shape index (κ1) is 30.3. The second kappa shape index (κ2) is 13.7. The fourth-order valence-corrected chi connectivity index (χ4v) is 6.13. The Bertz CT molecular complexity index is 1220. The summed E-state index contributed by atoms with van der Waals surface area (Å²) >= 11 is 12.4. The average molecular weight is 583 g/mol. The summed E-state index contributed by atoms with van der Waals surface area (Å²) in [6.07, 6.45) is 6.74. The van der Waals surface area contributed by atoms with Crippen molar-refractivity contribution in [3.05, 3.63) is 63.6 Å². The van der Waals surface area contributed by atoms with Crippen molar-refractivity contribution in [3.63, 3.8) is 0 Å². The highest BCUT2D eigenvalue weighted by Gasteiger charge is 2.29. The number of carbonyl (C=O) groups is 2. The molecule has 0 aromatic heterocycles. The van der Waals surface area contributed by atoms with Crippen molar-refractivity contribution in [3.8, 4) is 0 Å². The zero-order chi connectivity index (χ0) is 27.9. The summed E-state index contributed by atoms with van der Waals surface area (Å²) in [5, 5.41) is 4.01. The molecule has 0 radical (unpaired) electrons. The summed E-state index contributed by atoms with van der Waals surface area (Å²) < 4.78 is 26.2. The number of amides is 2. The Kier molecular flexibility index (Phi) is 10.9. The van der Waals surface area contributed by atoms with Gasteiger partial charge in [-0.25, -0.2) is 8.42 Å². The molecule has 3 rings (SSSR count). The van der Waals surface area contributed by atoms with Crippen molar-refractivity contribution in [1.82, 2.24) is 10.2 Å². The molecule has 1 aliphatic rings. The highest BCUT2D eigenvalue weighted by Crippen LogP contribution is 2.25. The van der Waals surface area contributed by atoms with Gasteiger partial charge < -0.3 is 10.2 Å². The molecule has 1 fully saturated rings. The van der Waals surface area contributed by atoms with Crippen LogP contribution in [-0.4, -0.2) is 50.0 Å². The molecule has 208 valence electrons. The van der Waals surface area contributed by atoms with Gasteiger partial charge in [0.1, 0.15) is 6.04 Å². The highest BCUT2D eigenvalue weighted by atomic mass is 35.5. The van der Waals surface area contributed by atoms with Crippen molar-refractivity contribution >= 4 is 50.7 Å². The van der Waals surface area contributed by atoms with Crippen LogP contribution in [0.25, 0.3) is 0 Å². The van der Waals surface area contributed by atoms with Gasteiger partial charge in [0.25, 0.3) is 0 Å². The summed E-state index contributed by atoms with van der Waals surface area (Å²) in [5.74, 6) is -0.451. The lowest BCUT2D eigenvalue weighted by Gasteiger charge is -2.32. The molecule has 7 nitrogen and oxygen atoms in total. The van der Waals surface area contributed by atoms with Crippen LogP contribution in [0, 0.1) is 6.92 Å². The first-order chi connectivity index (χ1) is 18.0. The third-order valence-electron chi connectivity index (χ3n) is 6.95. The van der Waals surface area contributed by atoms with Crippen LogP contribution < -0.4 is 9.62 Å². The van der Waals surface area contributed by atoms with E-state index in [2.05, 4.69) is 5.32 Å². The normalized spacial score (nSPS) is 15.1. The fraction of sp³-hybridized carbons (Fsp3) is 0.500. The van der Waals surface area contributed by atoms with E-state index in [1.807, 2.05) is 19.1 Å². The molecule has 1 aliphatic carbocycles. The predicted octanol–water partition coefficient (Wildman–Crippen LogP) is 5.71. The van der Waals surface area contributed by atoms with Crippen LogP contribution in [0.5, 0.6) is 0 Å². The molecule has 1 atom stereocenters. The monoisotopic (exact) mass is 581 g/mol. The van der Waals surface area contributed by atoms with Crippen molar-refractivity contribution in [2.75, 3.05) is 17.1 Å². The van der Waals surface area contributed by atoms with Crippen LogP contribution in [-0.2, 0) is 26.2 Å². The zero-order valence-corrected chi connectivity index (χ0v) is 24.6. The number of halogens is 2. The lowest BCUT2D eigenvalue weighted by Crippen LogP contribution is -2.50. The number of anilines is 1. The van der Waals surface area contributed by atoms with Crippen molar-refractivity contribution in [2.45, 2.75) is 77.4 Å². The van der Waals surface area contributed by atoms with E-state index in [1.54, 1.807) is 37.3 Å². The van der Waals surface area contributed by atoms with Gasteiger partial charge in [-0.05, 0) is 62.9 Å². The van der Waals surface area contributed by atoms with Crippen LogP contribution in [0.1, 0.15) is 63.0 Å². The van der Waals surface area contributed by atoms with Gasteiger partial charge in [0, 0.05) is 35.6 Å². The van der Waals surface area contributed by atoms with E-state index in [0.29, 0.717) is 27.7 Å². The first-order valence-corrected chi connectivity index (χ1v) is 15.6. The SMILES string of the molecule is Cc1ccc(N(CCCC(=O)N(Cc2ccc(Cl)cc2Cl)[C@H](C)C(=O)NC2CCCCC2)S(C)(=O)=O)cc1. The van der Waals surface area contributed by atoms with E-state index in [-0.39, 0.29) is 37.4 Å². The van der Waals surface area contributed by atoms with Crippen LogP contribution in [0.4, 0.5) is 5.69 Å². The Morgan fingerprint density at radius 2 is 1.71 bits per heavy atom. The van der Waals surface area contributed by atoms with Crippen molar-refractivity contribution < 1.29 is 18.0 Å². The average Bonchev–Trinajstić information content (AvgIpc) is 2.86. The highest BCUT2D eigenvalue weighted by molar-refractivity contribution is 7.92. The lowest BCUT2D eigenvalue weighted by atomic mass is 9.95. The molecule has 0 aliphatic heterocycles. The number of nitrogens with zero attached hydrogens (tertiary/aromatic N) is 2. The maximum atomic E-state index is 13.5. The number of nitrogens with one attached hydrogen (secondary N) is 1. The number of aryl methyl sites for hydroxylation is 1. The molecule has 0 unspecified atom stereocenters. The molecule has 0 spiro atoms. The molecule has 2 aromatic rings. The van der Waals surface area contributed by atoms with Gasteiger partial charge in [-0.2, -0.15) is 0 Å². The second-order valence-corrected chi connectivity index (χ2v) is 12.8. The number of rotatable bonds is 11. The number of carbonyl (C=O) groups excluding carboxylic acids is 2. The topological polar surface area (TPSA) is 86.8 Å². The number of benzene rings is 2. The first-order valence-electron chi connectivity index (χ1n) is 13.0. The lowest BCUT2D eigenvalue weighted by molar-refractivity contribution is -0.141. The van der Waals surface area contributed by atoms with Crippen molar-refractivity contribution in [1.29, 1.82) is 0 Å². The molecular weight excluding hydrogens is 545 g/mol. The van der Waals surface area contributed by atoms with E-state index < -0.39 is 16.1 Å². The van der Waals surface area contributed by atoms with Crippen LogP contribution >= 0.6 is 23.2 Å². The minimum absolute atomic E-state index is 0.0736. The van der Waals surface area contributed by atoms with Gasteiger partial charge in [0.2, 0.25) is 21.8 Å². The molecule has 38 heavy (non-hydrogen) atoms. The Labute approximate surface area is 236 Å². The Balaban J connectivity index is 1.74. The molecule has 0 bridgehead atoms. The minimum atomic E-state index is -3.54. The van der Waals surface area contributed by atoms with Crippen LogP contribution in [0.2, 0.25) is 10.0 Å². The van der Waals surface area contributed by atoms with Crippen LogP contribution in [0.15, 0.2) is 42.5 Å². The summed E-state index contributed by atoms with van der Waals surface area (Å²) in [7, 11) is -3.54. The van der Waals surface area contributed by atoms with Gasteiger partial charge in [0.05, 0.1) is 11.9 Å². The van der Waals surface area contributed by atoms with E-state index in [0.717, 1.165) is 37.5 Å². The quantitative estimate of drug-likeness (QED) is 0.368. The zero-order valence-electron chi connectivity index (χ0n) is 22.3. The molecule has 2 aromatic carbocycles. The van der Waals surface area contributed by atoms with Crippen molar-refractivity contribution in [2.24, 2.45) is 0 Å². The maximum Gasteiger partial charge on any atom is 0.242 e. The van der Waals surface area contributed by atoms with E-state index >= 15 is 0 Å². The van der Waals surface area contributed by atoms with Gasteiger partial charge >= 0.3 is 0 Å². The molecule has 2 amide bonds. The fourth-order valence-electron chi connectivity index (χ4n) is 4.70. The molecule has 0 heterocycles. The van der Waals surface area contributed by atoms with E-state index in [1.165, 1.54) is 15.6 Å². The summed E-state index contributed by atoms with van der Waals surface area (Å²) in [6, 6.07) is 11.7. The van der Waals surface area contributed by atoms with Gasteiger partial charge in [-0.3, -0.25) is 13.9 Å². The second-order valence-electron chi connectivity index (χ2n) is 10.1. The standard InChI is InChI=1S/C28H37Cl2N3O4S/c1-20-11-15-25(16-12-20)33(38(3,36)37)17-7-10-27(34)32(19-22-13-14-23(29)18-26(22)30)21(2)28(35)31-24-8-5-4-6-9-24/h11-16,18,21,24H,4-10,17,19H2,1-3H3,(H,31,35)/t21-/m1/s1. The van der Waals surface area contributed by atoms with E-state index in [9.17, 15) is 18.0 Å². The molecule has 1 N–H and O–H groups in total. The predicted molar refractivity (Wildman–Crippen MR) is 154 cm³/mol. The number of hydrogen-bond acceptors (Lipinski definition) is 4. The van der Waals surface area contributed by atoms with Gasteiger partial charge in [-0.15, -0.1) is 0 Å². The van der Waals surface area contributed by atoms with Gasteiger partial charge in [0.15, 0.2) is 0 Å². The Hall–Kier alpha value is -2.29. The molecular formula is C28H37Cl2N3O4S. The smallest absolute Gasteiger partial charge is 0.242 e. The third-order valence-corrected chi connectivity index (χ3v) is 8.73. The Morgan fingerprint density at radius 3 is 2.32 bits per heavy atom. The molecule has 0 saturated heterocycles. The largest absolute Gasteiger partial charge is 0.352 e. The summed E-state index contributed by atoms with van der Waals surface area (Å²) in [4.78, 5) is 28.2. The number of sulfonamides is 1. The maximum absolute atomic E-state index is 13.5. The van der Waals surface area contributed by atoms with Crippen LogP contribution in [0.3, 0.4) is 0 Å². The third kappa shape index (κ3) is 8.61. The van der Waals surface area contributed by atoms with Gasteiger partial charge in [-0.1, -0.05) is 66.2 Å². The molecule has 10 heteroatoms. The summed E-state index contributed by atoms with van der Waals surface area (Å²) in [5.41, 5.74) is 2.25. The summed E-state index contributed by atoms with van der Waals surface area (Å²) in [6.45, 7) is 3.93. The molecule has 1 saturated carbocycles. The Morgan fingerprint density at radius 1 is 1.05 bits per heavy atom. The van der Waals surface area contributed by atoms with E-state index in [4.69, 9.17) is 23.2 Å². The number of hydrogen-bond donors (Lipinski definition) is 1. The minimum Gasteiger partial charge on any atom is -0.352 e.